The summed E-state index contributed by atoms with van der Waals surface area (Å²) in [6, 6.07) is 5.31. The van der Waals surface area contributed by atoms with Gasteiger partial charge in [-0.1, -0.05) is 33.8 Å². The van der Waals surface area contributed by atoms with Crippen LogP contribution in [0.4, 0.5) is 0 Å². The summed E-state index contributed by atoms with van der Waals surface area (Å²) >= 11 is 0. The van der Waals surface area contributed by atoms with Crippen LogP contribution in [0.3, 0.4) is 0 Å². The number of rotatable bonds is 3. The van der Waals surface area contributed by atoms with E-state index in [4.69, 9.17) is 0 Å². The smallest absolute Gasteiger partial charge is 0.250 e. The average molecular weight is 207 g/mol. The van der Waals surface area contributed by atoms with Gasteiger partial charge in [-0.25, -0.2) is 0 Å². The first kappa shape index (κ1) is 12.0. The first-order chi connectivity index (χ1) is 6.88. The molecule has 0 aliphatic heterocycles. The van der Waals surface area contributed by atoms with Gasteiger partial charge < -0.3 is 4.57 Å². The molecule has 0 bridgehead atoms. The molecule has 2 heteroatoms. The zero-order chi connectivity index (χ0) is 11.5. The van der Waals surface area contributed by atoms with Crippen LogP contribution < -0.4 is 5.56 Å². The lowest BCUT2D eigenvalue weighted by Gasteiger charge is -2.23. The molecule has 0 aromatic carbocycles. The second kappa shape index (κ2) is 4.65. The zero-order valence-electron chi connectivity index (χ0n) is 10.2. The van der Waals surface area contributed by atoms with Gasteiger partial charge in [0.05, 0.1) is 0 Å². The van der Waals surface area contributed by atoms with E-state index in [0.717, 1.165) is 13.0 Å². The van der Waals surface area contributed by atoms with E-state index in [2.05, 4.69) is 27.7 Å². The van der Waals surface area contributed by atoms with Crippen LogP contribution in [0, 0.1) is 11.3 Å². The van der Waals surface area contributed by atoms with E-state index >= 15 is 0 Å². The second-order valence-corrected chi connectivity index (χ2v) is 5.56. The van der Waals surface area contributed by atoms with E-state index in [9.17, 15) is 4.79 Å². The molecular formula is C13H21NO. The Hall–Kier alpha value is -1.05. The van der Waals surface area contributed by atoms with E-state index in [0.29, 0.717) is 11.3 Å². The molecule has 84 valence electrons. The van der Waals surface area contributed by atoms with Crippen LogP contribution in [-0.2, 0) is 6.54 Å². The van der Waals surface area contributed by atoms with E-state index in [1.54, 1.807) is 16.7 Å². The molecule has 1 unspecified atom stereocenters. The quantitative estimate of drug-likeness (QED) is 0.747. The van der Waals surface area contributed by atoms with Crippen LogP contribution in [0.25, 0.3) is 0 Å². The average Bonchev–Trinajstić information content (AvgIpc) is 2.05. The van der Waals surface area contributed by atoms with Crippen molar-refractivity contribution in [1.29, 1.82) is 0 Å². The summed E-state index contributed by atoms with van der Waals surface area (Å²) in [6.07, 6.45) is 3.00. The van der Waals surface area contributed by atoms with E-state index in [1.807, 2.05) is 12.3 Å². The van der Waals surface area contributed by atoms with Crippen LogP contribution >= 0.6 is 0 Å². The summed E-state index contributed by atoms with van der Waals surface area (Å²) in [6.45, 7) is 9.72. The largest absolute Gasteiger partial charge is 0.315 e. The summed E-state index contributed by atoms with van der Waals surface area (Å²) in [4.78, 5) is 11.5. The molecule has 15 heavy (non-hydrogen) atoms. The standard InChI is InChI=1S/C13H21NO/c1-11(9-13(2,3)4)10-14-8-6-5-7-12(14)15/h5-8,11H,9-10H2,1-4H3. The third kappa shape index (κ3) is 4.32. The lowest BCUT2D eigenvalue weighted by atomic mass is 9.85. The molecule has 2 nitrogen and oxygen atoms in total. The van der Waals surface area contributed by atoms with Gasteiger partial charge in [0.25, 0.3) is 5.56 Å². The SMILES string of the molecule is CC(Cn1ccccc1=O)CC(C)(C)C. The molecule has 1 heterocycles. The third-order valence-corrected chi connectivity index (χ3v) is 2.37. The number of hydrogen-bond acceptors (Lipinski definition) is 1. The molecule has 0 radical (unpaired) electrons. The Balaban J connectivity index is 2.63. The zero-order valence-corrected chi connectivity index (χ0v) is 10.2. The Kier molecular flexibility index (Phi) is 3.72. The maximum absolute atomic E-state index is 11.5. The van der Waals surface area contributed by atoms with E-state index in [1.165, 1.54) is 0 Å². The van der Waals surface area contributed by atoms with Gasteiger partial charge in [-0.05, 0) is 23.8 Å². The molecule has 1 atom stereocenters. The Bertz CT molecular complexity index is 359. The Morgan fingerprint density at radius 3 is 2.53 bits per heavy atom. The van der Waals surface area contributed by atoms with Gasteiger partial charge in [0.15, 0.2) is 0 Å². The van der Waals surface area contributed by atoms with Crippen LogP contribution in [0.15, 0.2) is 29.2 Å². The molecule has 0 saturated carbocycles. The lowest BCUT2D eigenvalue weighted by molar-refractivity contribution is 0.284. The third-order valence-electron chi connectivity index (χ3n) is 2.37. The molecular weight excluding hydrogens is 186 g/mol. The maximum atomic E-state index is 11.5. The minimum Gasteiger partial charge on any atom is -0.315 e. The van der Waals surface area contributed by atoms with E-state index in [-0.39, 0.29) is 5.56 Å². The van der Waals surface area contributed by atoms with Crippen molar-refractivity contribution in [2.24, 2.45) is 11.3 Å². The molecule has 0 aliphatic rings. The fraction of sp³-hybridized carbons (Fsp3) is 0.615. The summed E-state index contributed by atoms with van der Waals surface area (Å²) in [5, 5.41) is 0. The van der Waals surface area contributed by atoms with Crippen molar-refractivity contribution < 1.29 is 0 Å². The predicted molar refractivity (Wildman–Crippen MR) is 63.9 cm³/mol. The van der Waals surface area contributed by atoms with Gasteiger partial charge in [-0.15, -0.1) is 0 Å². The van der Waals surface area contributed by atoms with Gasteiger partial charge in [0, 0.05) is 18.8 Å². The van der Waals surface area contributed by atoms with Gasteiger partial charge >= 0.3 is 0 Å². The number of aromatic nitrogens is 1. The minimum absolute atomic E-state index is 0.0956. The van der Waals surface area contributed by atoms with Crippen molar-refractivity contribution >= 4 is 0 Å². The summed E-state index contributed by atoms with van der Waals surface area (Å²) < 4.78 is 1.79. The predicted octanol–water partition coefficient (Wildman–Crippen LogP) is 2.92. The normalized spacial score (nSPS) is 13.9. The topological polar surface area (TPSA) is 22.0 Å². The van der Waals surface area contributed by atoms with E-state index < -0.39 is 0 Å². The van der Waals surface area contributed by atoms with Crippen LogP contribution in [0.5, 0.6) is 0 Å². The van der Waals surface area contributed by atoms with Gasteiger partial charge in [0.1, 0.15) is 0 Å². The molecule has 0 aliphatic carbocycles. The number of pyridine rings is 1. The first-order valence-corrected chi connectivity index (χ1v) is 5.54. The highest BCUT2D eigenvalue weighted by Gasteiger charge is 2.15. The molecule has 0 saturated heterocycles. The van der Waals surface area contributed by atoms with Crippen molar-refractivity contribution in [2.75, 3.05) is 0 Å². The lowest BCUT2D eigenvalue weighted by Crippen LogP contribution is -2.23. The van der Waals surface area contributed by atoms with Crippen molar-refractivity contribution in [2.45, 2.75) is 40.7 Å². The van der Waals surface area contributed by atoms with Crippen LogP contribution in [0.1, 0.15) is 34.1 Å². The summed E-state index contributed by atoms with van der Waals surface area (Å²) in [5.74, 6) is 0.532. The molecule has 1 rings (SSSR count). The minimum atomic E-state index is 0.0956. The fourth-order valence-corrected chi connectivity index (χ4v) is 2.06. The molecule has 0 amide bonds. The van der Waals surface area contributed by atoms with Crippen molar-refractivity contribution in [3.05, 3.63) is 34.7 Å². The van der Waals surface area contributed by atoms with Gasteiger partial charge in [-0.3, -0.25) is 4.79 Å². The molecule has 0 N–H and O–H groups in total. The van der Waals surface area contributed by atoms with Crippen LogP contribution in [0.2, 0.25) is 0 Å². The van der Waals surface area contributed by atoms with Gasteiger partial charge in [0.2, 0.25) is 0 Å². The van der Waals surface area contributed by atoms with Crippen molar-refractivity contribution in [3.63, 3.8) is 0 Å². The monoisotopic (exact) mass is 207 g/mol. The number of nitrogens with zero attached hydrogens (tertiary/aromatic N) is 1. The summed E-state index contributed by atoms with van der Waals surface area (Å²) in [7, 11) is 0. The highest BCUT2D eigenvalue weighted by atomic mass is 16.1. The van der Waals surface area contributed by atoms with Crippen molar-refractivity contribution in [3.8, 4) is 0 Å². The fourth-order valence-electron chi connectivity index (χ4n) is 2.06. The molecule has 0 spiro atoms. The second-order valence-electron chi connectivity index (χ2n) is 5.56. The molecule has 1 aromatic rings. The van der Waals surface area contributed by atoms with Crippen molar-refractivity contribution in [1.82, 2.24) is 4.57 Å². The number of hydrogen-bond donors (Lipinski definition) is 0. The van der Waals surface area contributed by atoms with Crippen LogP contribution in [-0.4, -0.2) is 4.57 Å². The maximum Gasteiger partial charge on any atom is 0.250 e. The Labute approximate surface area is 91.9 Å². The molecule has 0 fully saturated rings. The highest BCUT2D eigenvalue weighted by Crippen LogP contribution is 2.24. The Morgan fingerprint density at radius 1 is 1.33 bits per heavy atom. The summed E-state index contributed by atoms with van der Waals surface area (Å²) in [5.41, 5.74) is 0.427. The van der Waals surface area contributed by atoms with Gasteiger partial charge in [-0.2, -0.15) is 0 Å². The first-order valence-electron chi connectivity index (χ1n) is 5.54. The molecule has 1 aromatic heterocycles. The highest BCUT2D eigenvalue weighted by molar-refractivity contribution is 4.93. The Morgan fingerprint density at radius 2 is 2.00 bits per heavy atom.